The molecular weight excluding hydrogens is 238 g/mol. The van der Waals surface area contributed by atoms with E-state index in [9.17, 15) is 14.4 Å². The normalized spacial score (nSPS) is 11.5. The highest BCUT2D eigenvalue weighted by atomic mass is 16.4. The van der Waals surface area contributed by atoms with E-state index in [1.54, 1.807) is 13.8 Å². The second-order valence-electron chi connectivity index (χ2n) is 3.93. The Kier molecular flexibility index (Phi) is 7.50. The van der Waals surface area contributed by atoms with Crippen LogP contribution in [0.15, 0.2) is 0 Å². The van der Waals surface area contributed by atoms with Crippen molar-refractivity contribution in [2.45, 2.75) is 20.3 Å². The lowest BCUT2D eigenvalue weighted by molar-refractivity contribution is -0.141. The molecule has 7 heteroatoms. The van der Waals surface area contributed by atoms with Crippen molar-refractivity contribution < 1.29 is 19.5 Å². The number of carboxylic acid groups (broad SMARTS) is 1. The average molecular weight is 259 g/mol. The number of hydrogen-bond donors (Lipinski definition) is 3. The maximum absolute atomic E-state index is 11.7. The third kappa shape index (κ3) is 6.07. The van der Waals surface area contributed by atoms with E-state index < -0.39 is 11.9 Å². The van der Waals surface area contributed by atoms with E-state index in [1.165, 1.54) is 11.9 Å². The summed E-state index contributed by atoms with van der Waals surface area (Å²) in [6.45, 7) is 4.12. The third-order valence-corrected chi connectivity index (χ3v) is 2.49. The molecule has 0 aliphatic rings. The van der Waals surface area contributed by atoms with Gasteiger partial charge in [0.2, 0.25) is 5.91 Å². The van der Waals surface area contributed by atoms with Crippen LogP contribution in [-0.2, 0) is 9.59 Å². The Hall–Kier alpha value is -1.79. The lowest BCUT2D eigenvalue weighted by atomic mass is 10.2. The second-order valence-corrected chi connectivity index (χ2v) is 3.93. The standard InChI is InChI=1S/C11H21N3O4/c1-4-14(7-8(2)10(16)17)11(18)13-6-5-9(15)12-3/h8H,4-7H2,1-3H3,(H,12,15)(H,13,18)(H,16,17). The number of urea groups is 1. The lowest BCUT2D eigenvalue weighted by Crippen LogP contribution is -2.44. The van der Waals surface area contributed by atoms with E-state index in [-0.39, 0.29) is 31.4 Å². The Balaban J connectivity index is 4.11. The predicted octanol–water partition coefficient (Wildman–Crippen LogP) is -0.125. The fourth-order valence-corrected chi connectivity index (χ4v) is 1.28. The van der Waals surface area contributed by atoms with Gasteiger partial charge in [-0.25, -0.2) is 4.79 Å². The second kappa shape index (κ2) is 8.32. The molecule has 1 unspecified atom stereocenters. The summed E-state index contributed by atoms with van der Waals surface area (Å²) in [5, 5.41) is 13.8. The molecule has 0 aromatic heterocycles. The molecule has 0 radical (unpaired) electrons. The monoisotopic (exact) mass is 259 g/mol. The smallest absolute Gasteiger partial charge is 0.317 e. The van der Waals surface area contributed by atoms with Crippen molar-refractivity contribution in [3.05, 3.63) is 0 Å². The molecule has 0 saturated heterocycles. The number of carboxylic acids is 1. The summed E-state index contributed by atoms with van der Waals surface area (Å²) in [7, 11) is 1.52. The third-order valence-electron chi connectivity index (χ3n) is 2.49. The molecule has 0 aliphatic heterocycles. The number of carbonyl (C=O) groups is 3. The number of carbonyl (C=O) groups excluding carboxylic acids is 2. The van der Waals surface area contributed by atoms with Crippen LogP contribution < -0.4 is 10.6 Å². The van der Waals surface area contributed by atoms with Gasteiger partial charge in [0.25, 0.3) is 0 Å². The first-order chi connectivity index (χ1) is 8.42. The van der Waals surface area contributed by atoms with E-state index in [2.05, 4.69) is 10.6 Å². The van der Waals surface area contributed by atoms with Crippen molar-refractivity contribution in [2.75, 3.05) is 26.7 Å². The molecule has 0 saturated carbocycles. The van der Waals surface area contributed by atoms with Gasteiger partial charge in [0.1, 0.15) is 0 Å². The first-order valence-corrected chi connectivity index (χ1v) is 5.88. The Bertz CT molecular complexity index is 307. The number of rotatable bonds is 7. The Labute approximate surface area is 107 Å². The predicted molar refractivity (Wildman–Crippen MR) is 66.1 cm³/mol. The van der Waals surface area contributed by atoms with Gasteiger partial charge in [-0.3, -0.25) is 9.59 Å². The van der Waals surface area contributed by atoms with Crippen LogP contribution in [0.2, 0.25) is 0 Å². The van der Waals surface area contributed by atoms with E-state index in [0.29, 0.717) is 6.54 Å². The molecule has 0 heterocycles. The molecule has 0 aromatic rings. The summed E-state index contributed by atoms with van der Waals surface area (Å²) >= 11 is 0. The van der Waals surface area contributed by atoms with Crippen molar-refractivity contribution in [2.24, 2.45) is 5.92 Å². The molecule has 0 aromatic carbocycles. The van der Waals surface area contributed by atoms with Crippen molar-refractivity contribution in [1.29, 1.82) is 0 Å². The highest BCUT2D eigenvalue weighted by Gasteiger charge is 2.18. The quantitative estimate of drug-likeness (QED) is 0.593. The molecule has 0 rings (SSSR count). The van der Waals surface area contributed by atoms with Crippen LogP contribution in [0.1, 0.15) is 20.3 Å². The zero-order valence-electron chi connectivity index (χ0n) is 11.0. The van der Waals surface area contributed by atoms with E-state index in [4.69, 9.17) is 5.11 Å². The Morgan fingerprint density at radius 1 is 1.33 bits per heavy atom. The van der Waals surface area contributed by atoms with Gasteiger partial charge >= 0.3 is 12.0 Å². The Morgan fingerprint density at radius 2 is 1.94 bits per heavy atom. The first kappa shape index (κ1) is 16.2. The van der Waals surface area contributed by atoms with Crippen molar-refractivity contribution in [1.82, 2.24) is 15.5 Å². The molecular formula is C11H21N3O4. The minimum atomic E-state index is -0.938. The van der Waals surface area contributed by atoms with Crippen LogP contribution in [0.25, 0.3) is 0 Å². The lowest BCUT2D eigenvalue weighted by Gasteiger charge is -2.23. The first-order valence-electron chi connectivity index (χ1n) is 5.88. The average Bonchev–Trinajstić information content (AvgIpc) is 2.34. The van der Waals surface area contributed by atoms with Crippen LogP contribution >= 0.6 is 0 Å². The zero-order valence-corrected chi connectivity index (χ0v) is 11.0. The molecule has 18 heavy (non-hydrogen) atoms. The van der Waals surface area contributed by atoms with Gasteiger partial charge in [-0.1, -0.05) is 6.92 Å². The Morgan fingerprint density at radius 3 is 2.39 bits per heavy atom. The van der Waals surface area contributed by atoms with Crippen LogP contribution in [0, 0.1) is 5.92 Å². The van der Waals surface area contributed by atoms with Gasteiger partial charge in [-0.15, -0.1) is 0 Å². The van der Waals surface area contributed by atoms with Crippen molar-refractivity contribution in [3.63, 3.8) is 0 Å². The number of nitrogens with one attached hydrogen (secondary N) is 2. The van der Waals surface area contributed by atoms with Gasteiger partial charge < -0.3 is 20.6 Å². The van der Waals surface area contributed by atoms with Gasteiger partial charge in [-0.2, -0.15) is 0 Å². The number of aliphatic carboxylic acids is 1. The van der Waals surface area contributed by atoms with Gasteiger partial charge in [-0.05, 0) is 6.92 Å². The summed E-state index contributed by atoms with van der Waals surface area (Å²) in [6, 6.07) is -0.352. The number of nitrogens with zero attached hydrogens (tertiary/aromatic N) is 1. The topological polar surface area (TPSA) is 98.7 Å². The molecule has 1 atom stereocenters. The summed E-state index contributed by atoms with van der Waals surface area (Å²) in [6.07, 6.45) is 0.203. The summed E-state index contributed by atoms with van der Waals surface area (Å²) in [5.41, 5.74) is 0. The summed E-state index contributed by atoms with van der Waals surface area (Å²) in [5.74, 6) is -1.71. The highest BCUT2D eigenvalue weighted by Crippen LogP contribution is 2.00. The highest BCUT2D eigenvalue weighted by molar-refractivity contribution is 5.78. The molecule has 0 aliphatic carbocycles. The van der Waals surface area contributed by atoms with Crippen molar-refractivity contribution in [3.8, 4) is 0 Å². The largest absolute Gasteiger partial charge is 0.481 e. The van der Waals surface area contributed by atoms with Crippen molar-refractivity contribution >= 4 is 17.9 Å². The van der Waals surface area contributed by atoms with Gasteiger partial charge in [0.05, 0.1) is 5.92 Å². The van der Waals surface area contributed by atoms with E-state index >= 15 is 0 Å². The zero-order chi connectivity index (χ0) is 14.1. The summed E-state index contributed by atoms with van der Waals surface area (Å²) in [4.78, 5) is 34.7. The van der Waals surface area contributed by atoms with Gasteiger partial charge in [0.15, 0.2) is 0 Å². The fourth-order valence-electron chi connectivity index (χ4n) is 1.28. The number of hydrogen-bond acceptors (Lipinski definition) is 3. The van der Waals surface area contributed by atoms with Crippen LogP contribution in [0.3, 0.4) is 0 Å². The van der Waals surface area contributed by atoms with E-state index in [1.807, 2.05) is 0 Å². The SMILES string of the molecule is CCN(CC(C)C(=O)O)C(=O)NCCC(=O)NC. The summed E-state index contributed by atoms with van der Waals surface area (Å²) < 4.78 is 0. The van der Waals surface area contributed by atoms with Crippen LogP contribution in [0.4, 0.5) is 4.79 Å². The van der Waals surface area contributed by atoms with Crippen LogP contribution in [-0.4, -0.2) is 54.6 Å². The maximum Gasteiger partial charge on any atom is 0.317 e. The molecule has 0 bridgehead atoms. The molecule has 104 valence electrons. The number of amides is 3. The van der Waals surface area contributed by atoms with E-state index in [0.717, 1.165) is 0 Å². The van der Waals surface area contributed by atoms with Gasteiger partial charge in [0, 0.05) is 33.1 Å². The molecule has 0 fully saturated rings. The fraction of sp³-hybridized carbons (Fsp3) is 0.727. The molecule has 0 spiro atoms. The minimum Gasteiger partial charge on any atom is -0.481 e. The molecule has 3 N–H and O–H groups in total. The minimum absolute atomic E-state index is 0.150. The maximum atomic E-state index is 11.7. The molecule has 3 amide bonds. The van der Waals surface area contributed by atoms with Crippen LogP contribution in [0.5, 0.6) is 0 Å². The molecule has 7 nitrogen and oxygen atoms in total.